The lowest BCUT2D eigenvalue weighted by Crippen LogP contribution is -2.32. The highest BCUT2D eigenvalue weighted by Gasteiger charge is 2.30. The van der Waals surface area contributed by atoms with Crippen LogP contribution < -0.4 is 5.32 Å². The van der Waals surface area contributed by atoms with E-state index >= 15 is 0 Å². The van der Waals surface area contributed by atoms with E-state index in [1.165, 1.54) is 0 Å². The Bertz CT molecular complexity index is 587. The molecule has 1 N–H and O–H groups in total. The number of ether oxygens (including phenoxy) is 1. The van der Waals surface area contributed by atoms with E-state index in [0.717, 1.165) is 0 Å². The van der Waals surface area contributed by atoms with Crippen molar-refractivity contribution < 1.29 is 26.3 Å². The lowest BCUT2D eigenvalue weighted by atomic mass is 10.0. The van der Waals surface area contributed by atoms with Gasteiger partial charge < -0.3 is 10.1 Å². The zero-order valence-corrected chi connectivity index (χ0v) is 12.0. The van der Waals surface area contributed by atoms with Gasteiger partial charge in [0.2, 0.25) is 0 Å². The van der Waals surface area contributed by atoms with E-state index in [0.29, 0.717) is 16.9 Å². The fourth-order valence-electron chi connectivity index (χ4n) is 2.30. The molecule has 0 amide bonds. The molecule has 1 atom stereocenters. The minimum absolute atomic E-state index is 0.0328. The van der Waals surface area contributed by atoms with Crippen molar-refractivity contribution in [3.05, 3.63) is 29.8 Å². The van der Waals surface area contributed by atoms with Gasteiger partial charge in [-0.1, -0.05) is 18.2 Å². The zero-order chi connectivity index (χ0) is 15.5. The number of halogens is 3. The first-order chi connectivity index (χ1) is 9.80. The third kappa shape index (κ3) is 4.42. The van der Waals surface area contributed by atoms with Gasteiger partial charge in [0, 0.05) is 12.6 Å². The molecule has 0 aliphatic carbocycles. The van der Waals surface area contributed by atoms with E-state index in [9.17, 15) is 21.6 Å². The smallest absolute Gasteiger partial charge is 0.371 e. The Morgan fingerprint density at radius 1 is 1.29 bits per heavy atom. The summed E-state index contributed by atoms with van der Waals surface area (Å²) in [6, 6.07) is 6.50. The van der Waals surface area contributed by atoms with Gasteiger partial charge in [0.15, 0.2) is 9.84 Å². The number of hydrogen-bond donors (Lipinski definition) is 1. The zero-order valence-electron chi connectivity index (χ0n) is 11.2. The molecule has 0 fully saturated rings. The number of sulfone groups is 1. The summed E-state index contributed by atoms with van der Waals surface area (Å²) >= 11 is 0. The van der Waals surface area contributed by atoms with E-state index in [-0.39, 0.29) is 24.9 Å². The minimum atomic E-state index is -4.33. The van der Waals surface area contributed by atoms with E-state index in [4.69, 9.17) is 0 Å². The second-order valence-electron chi connectivity index (χ2n) is 4.82. The average Bonchev–Trinajstić information content (AvgIpc) is 2.40. The standard InChI is InChI=1S/C13H16F3NO3S/c14-13(15,16)9-20-7-6-17-11-5-8-21(18,19)12-4-2-1-3-10(11)12/h1-4,11,17H,5-9H2. The summed E-state index contributed by atoms with van der Waals surface area (Å²) in [5, 5.41) is 3.05. The molecule has 0 spiro atoms. The van der Waals surface area contributed by atoms with Crippen LogP contribution in [0.4, 0.5) is 13.2 Å². The van der Waals surface area contributed by atoms with Crippen LogP contribution in [0.25, 0.3) is 0 Å². The predicted octanol–water partition coefficient (Wildman–Crippen LogP) is 2.07. The quantitative estimate of drug-likeness (QED) is 0.843. The van der Waals surface area contributed by atoms with E-state index in [1.807, 2.05) is 0 Å². The lowest BCUT2D eigenvalue weighted by Gasteiger charge is -2.26. The summed E-state index contributed by atoms with van der Waals surface area (Å²) in [4.78, 5) is 0.296. The number of nitrogens with one attached hydrogen (secondary N) is 1. The molecule has 1 unspecified atom stereocenters. The maximum absolute atomic E-state index is 11.9. The summed E-state index contributed by atoms with van der Waals surface area (Å²) in [5.41, 5.74) is 0.666. The summed E-state index contributed by atoms with van der Waals surface area (Å²) in [7, 11) is -3.25. The fraction of sp³-hybridized carbons (Fsp3) is 0.538. The average molecular weight is 323 g/mol. The van der Waals surface area contributed by atoms with Gasteiger partial charge in [-0.3, -0.25) is 0 Å². The van der Waals surface area contributed by atoms with Crippen LogP contribution >= 0.6 is 0 Å². The van der Waals surface area contributed by atoms with Crippen LogP contribution in [0.15, 0.2) is 29.2 Å². The van der Waals surface area contributed by atoms with E-state index in [1.54, 1.807) is 24.3 Å². The molecular weight excluding hydrogens is 307 g/mol. The molecule has 0 radical (unpaired) electrons. The Kier molecular flexibility index (Phi) is 4.90. The summed E-state index contributed by atoms with van der Waals surface area (Å²) < 4.78 is 64.1. The molecule has 0 saturated carbocycles. The van der Waals surface area contributed by atoms with Gasteiger partial charge in [0.25, 0.3) is 0 Å². The van der Waals surface area contributed by atoms with Crippen LogP contribution in [0.2, 0.25) is 0 Å². The van der Waals surface area contributed by atoms with Crippen molar-refractivity contribution in [2.24, 2.45) is 0 Å². The van der Waals surface area contributed by atoms with Crippen molar-refractivity contribution in [2.75, 3.05) is 25.5 Å². The molecular formula is C13H16F3NO3S. The topological polar surface area (TPSA) is 55.4 Å². The van der Waals surface area contributed by atoms with Crippen LogP contribution in [0.1, 0.15) is 18.0 Å². The van der Waals surface area contributed by atoms with Gasteiger partial charge in [0.1, 0.15) is 6.61 Å². The van der Waals surface area contributed by atoms with Crippen molar-refractivity contribution in [1.29, 1.82) is 0 Å². The van der Waals surface area contributed by atoms with Gasteiger partial charge in [-0.2, -0.15) is 13.2 Å². The molecule has 1 heterocycles. The number of hydrogen-bond acceptors (Lipinski definition) is 4. The molecule has 8 heteroatoms. The molecule has 0 saturated heterocycles. The first-order valence-electron chi connectivity index (χ1n) is 6.49. The molecule has 1 aliphatic heterocycles. The van der Waals surface area contributed by atoms with Crippen molar-refractivity contribution >= 4 is 9.84 Å². The second kappa shape index (κ2) is 6.33. The van der Waals surface area contributed by atoms with Gasteiger partial charge in [-0.05, 0) is 18.1 Å². The molecule has 1 aromatic carbocycles. The Morgan fingerprint density at radius 3 is 2.71 bits per heavy atom. The van der Waals surface area contributed by atoms with Crippen LogP contribution in [0.5, 0.6) is 0 Å². The number of alkyl halides is 3. The highest BCUT2D eigenvalue weighted by Crippen LogP contribution is 2.31. The summed E-state index contributed by atoms with van der Waals surface area (Å²) in [6.45, 7) is -1.12. The largest absolute Gasteiger partial charge is 0.411 e. The van der Waals surface area contributed by atoms with Crippen LogP contribution in [0, 0.1) is 0 Å². The molecule has 0 bridgehead atoms. The van der Waals surface area contributed by atoms with Gasteiger partial charge in [-0.15, -0.1) is 0 Å². The van der Waals surface area contributed by atoms with Gasteiger partial charge in [-0.25, -0.2) is 8.42 Å². The maximum Gasteiger partial charge on any atom is 0.411 e. The van der Waals surface area contributed by atoms with E-state index < -0.39 is 22.6 Å². The molecule has 2 rings (SSSR count). The van der Waals surface area contributed by atoms with Crippen molar-refractivity contribution in [2.45, 2.75) is 23.5 Å². The minimum Gasteiger partial charge on any atom is -0.371 e. The summed E-state index contributed by atoms with van der Waals surface area (Å²) in [6.07, 6.45) is -3.93. The van der Waals surface area contributed by atoms with E-state index in [2.05, 4.69) is 10.1 Å². The fourth-order valence-corrected chi connectivity index (χ4v) is 3.92. The molecule has 118 valence electrons. The van der Waals surface area contributed by atoms with Crippen LogP contribution in [-0.2, 0) is 14.6 Å². The first-order valence-corrected chi connectivity index (χ1v) is 8.14. The third-order valence-corrected chi connectivity index (χ3v) is 5.02. The lowest BCUT2D eigenvalue weighted by molar-refractivity contribution is -0.173. The second-order valence-corrected chi connectivity index (χ2v) is 6.90. The molecule has 4 nitrogen and oxygen atoms in total. The van der Waals surface area contributed by atoms with Crippen molar-refractivity contribution in [3.63, 3.8) is 0 Å². The Balaban J connectivity index is 1.91. The highest BCUT2D eigenvalue weighted by atomic mass is 32.2. The van der Waals surface area contributed by atoms with Crippen molar-refractivity contribution in [1.82, 2.24) is 5.32 Å². The van der Waals surface area contributed by atoms with Crippen LogP contribution in [0.3, 0.4) is 0 Å². The Morgan fingerprint density at radius 2 is 2.00 bits per heavy atom. The monoisotopic (exact) mass is 323 g/mol. The SMILES string of the molecule is O=S1(=O)CCC(NCCOCC(F)(F)F)c2ccccc21. The molecule has 1 aromatic rings. The molecule has 21 heavy (non-hydrogen) atoms. The Hall–Kier alpha value is -1.12. The van der Waals surface area contributed by atoms with Gasteiger partial charge >= 0.3 is 6.18 Å². The third-order valence-electron chi connectivity index (χ3n) is 3.21. The molecule has 1 aliphatic rings. The van der Waals surface area contributed by atoms with Crippen molar-refractivity contribution in [3.8, 4) is 0 Å². The first kappa shape index (κ1) is 16.3. The maximum atomic E-state index is 11.9. The predicted molar refractivity (Wildman–Crippen MR) is 70.7 cm³/mol. The molecule has 0 aromatic heterocycles. The number of fused-ring (bicyclic) bond motifs is 1. The summed E-state index contributed by atoms with van der Waals surface area (Å²) in [5.74, 6) is 0.0328. The van der Waals surface area contributed by atoms with Crippen LogP contribution in [-0.4, -0.2) is 40.1 Å². The number of benzene rings is 1. The Labute approximate surface area is 121 Å². The number of rotatable bonds is 5. The van der Waals surface area contributed by atoms with Gasteiger partial charge in [0.05, 0.1) is 17.3 Å². The normalized spacial score (nSPS) is 21.0. The highest BCUT2D eigenvalue weighted by molar-refractivity contribution is 7.91.